The van der Waals surface area contributed by atoms with Crippen molar-refractivity contribution in [3.8, 4) is 0 Å². The molecule has 3 aliphatic rings. The summed E-state index contributed by atoms with van der Waals surface area (Å²) in [6, 6.07) is 5.19. The first-order valence-electron chi connectivity index (χ1n) is 20.4. The lowest BCUT2D eigenvalue weighted by Gasteiger charge is -2.35. The molecule has 1 aromatic heterocycles. The molecule has 5 rings (SSSR count). The van der Waals surface area contributed by atoms with Crippen molar-refractivity contribution < 1.29 is 62.5 Å². The number of nitrogens with one attached hydrogen (secondary N) is 1. The number of benzene rings is 1. The minimum Gasteiger partial charge on any atom is -0.480 e. The molecule has 5 amide bonds. The largest absolute Gasteiger partial charge is 0.480 e. The van der Waals surface area contributed by atoms with E-state index < -0.39 is 61.2 Å². The van der Waals surface area contributed by atoms with Crippen LogP contribution in [-0.2, 0) is 33.6 Å². The highest BCUT2D eigenvalue weighted by Gasteiger charge is 2.40. The summed E-state index contributed by atoms with van der Waals surface area (Å²) in [4.78, 5) is 115. The molecule has 4 N–H and O–H groups in total. The van der Waals surface area contributed by atoms with Crippen LogP contribution in [0, 0.1) is 0 Å². The number of aliphatic carboxylic acids is 3. The van der Waals surface area contributed by atoms with Crippen molar-refractivity contribution in [2.75, 3.05) is 110 Å². The standard InChI is InChI=1S/C40H53F2N9O11/c1-45(27-2-3-30-29(22-27)28(8-10-43-30)38(60)44-23-35(55)51-11-9-40(41,42)26-51)32(52)6-7-34(54)50-20-18-49(19-21-50)33(53)5-4-31(39(61)62)48-16-14-46(24-36(56)57)12-13-47(15-17-48)25-37(58)59/h2-3,8,10,22,31H,4-7,9,11-21,23-26H2,1H3,(H,44,60)(H,56,57)(H,58,59)(H,61,62). The molecule has 1 aromatic carbocycles. The number of hydrogen-bond acceptors (Lipinski definition) is 12. The van der Waals surface area contributed by atoms with Crippen LogP contribution in [0.3, 0.4) is 0 Å². The van der Waals surface area contributed by atoms with Crippen LogP contribution in [0.25, 0.3) is 10.9 Å². The second-order valence-electron chi connectivity index (χ2n) is 15.6. The number of alkyl halides is 2. The number of carbonyl (C=O) groups excluding carboxylic acids is 5. The molecule has 4 heterocycles. The number of nitrogens with zero attached hydrogens (tertiary/aromatic N) is 8. The number of amides is 5. The fourth-order valence-electron chi connectivity index (χ4n) is 7.79. The van der Waals surface area contributed by atoms with Crippen LogP contribution in [0.15, 0.2) is 30.5 Å². The number of halogens is 2. The number of carboxylic acid groups (broad SMARTS) is 3. The summed E-state index contributed by atoms with van der Waals surface area (Å²) in [5, 5.41) is 31.7. The highest BCUT2D eigenvalue weighted by molar-refractivity contribution is 6.08. The molecule has 2 aromatic rings. The van der Waals surface area contributed by atoms with Gasteiger partial charge in [0.05, 0.1) is 37.3 Å². The first-order valence-corrected chi connectivity index (χ1v) is 20.4. The van der Waals surface area contributed by atoms with Gasteiger partial charge in [-0.2, -0.15) is 0 Å². The molecule has 3 saturated heterocycles. The first-order chi connectivity index (χ1) is 29.4. The average Bonchev–Trinajstić information content (AvgIpc) is 3.64. The number of anilines is 1. The number of piperazine rings is 1. The van der Waals surface area contributed by atoms with Crippen molar-refractivity contribution in [3.05, 3.63) is 36.0 Å². The van der Waals surface area contributed by atoms with Gasteiger partial charge in [-0.15, -0.1) is 0 Å². The van der Waals surface area contributed by atoms with E-state index in [0.717, 1.165) is 4.90 Å². The van der Waals surface area contributed by atoms with Gasteiger partial charge in [-0.25, -0.2) is 8.78 Å². The summed E-state index contributed by atoms with van der Waals surface area (Å²) < 4.78 is 27.1. The molecule has 338 valence electrons. The first kappa shape index (κ1) is 47.2. The zero-order valence-corrected chi connectivity index (χ0v) is 34.5. The second-order valence-corrected chi connectivity index (χ2v) is 15.6. The zero-order chi connectivity index (χ0) is 45.1. The van der Waals surface area contributed by atoms with Crippen molar-refractivity contribution in [2.45, 2.75) is 44.1 Å². The van der Waals surface area contributed by atoms with Crippen LogP contribution in [0.1, 0.15) is 42.5 Å². The Kier molecular flexibility index (Phi) is 16.2. The van der Waals surface area contributed by atoms with Crippen molar-refractivity contribution >= 4 is 64.0 Å². The van der Waals surface area contributed by atoms with Gasteiger partial charge in [-0.05, 0) is 30.7 Å². The van der Waals surface area contributed by atoms with E-state index in [9.17, 15) is 62.5 Å². The summed E-state index contributed by atoms with van der Waals surface area (Å²) in [5.74, 6) is -8.47. The lowest BCUT2D eigenvalue weighted by molar-refractivity contribution is -0.145. The second kappa shape index (κ2) is 21.3. The van der Waals surface area contributed by atoms with Gasteiger partial charge < -0.3 is 40.2 Å². The summed E-state index contributed by atoms with van der Waals surface area (Å²) in [6.07, 6.45) is 0.591. The lowest BCUT2D eigenvalue weighted by Crippen LogP contribution is -2.51. The molecule has 3 aliphatic heterocycles. The lowest BCUT2D eigenvalue weighted by atomic mass is 10.1. The minimum absolute atomic E-state index is 0.0331. The third-order valence-corrected chi connectivity index (χ3v) is 11.4. The quantitative estimate of drug-likeness (QED) is 0.167. The average molecular weight is 874 g/mol. The van der Waals surface area contributed by atoms with Gasteiger partial charge in [0.1, 0.15) is 6.04 Å². The van der Waals surface area contributed by atoms with E-state index in [1.54, 1.807) is 42.7 Å². The van der Waals surface area contributed by atoms with Crippen molar-refractivity contribution in [3.63, 3.8) is 0 Å². The van der Waals surface area contributed by atoms with Gasteiger partial charge in [0, 0.05) is 122 Å². The number of rotatable bonds is 16. The van der Waals surface area contributed by atoms with Gasteiger partial charge in [-0.1, -0.05) is 0 Å². The topological polar surface area (TPSA) is 245 Å². The van der Waals surface area contributed by atoms with Crippen LogP contribution >= 0.6 is 0 Å². The molecule has 20 nitrogen and oxygen atoms in total. The van der Waals surface area contributed by atoms with Crippen LogP contribution in [0.2, 0.25) is 0 Å². The van der Waals surface area contributed by atoms with Gasteiger partial charge in [0.25, 0.3) is 11.8 Å². The third kappa shape index (κ3) is 13.1. The van der Waals surface area contributed by atoms with E-state index in [4.69, 9.17) is 0 Å². The maximum Gasteiger partial charge on any atom is 0.320 e. The molecule has 3 fully saturated rings. The number of carboxylic acids is 3. The summed E-state index contributed by atoms with van der Waals surface area (Å²) in [7, 11) is 1.52. The molecule has 62 heavy (non-hydrogen) atoms. The summed E-state index contributed by atoms with van der Waals surface area (Å²) in [6.45, 7) is 0.465. The van der Waals surface area contributed by atoms with Gasteiger partial charge in [0.15, 0.2) is 0 Å². The van der Waals surface area contributed by atoms with Gasteiger partial charge in [-0.3, -0.25) is 58.0 Å². The van der Waals surface area contributed by atoms with E-state index in [1.165, 1.54) is 24.2 Å². The molecule has 0 aliphatic carbocycles. The van der Waals surface area contributed by atoms with Crippen molar-refractivity contribution in [1.29, 1.82) is 0 Å². The molecule has 0 spiro atoms. The Morgan fingerprint density at radius 1 is 0.742 bits per heavy atom. The van der Waals surface area contributed by atoms with E-state index >= 15 is 0 Å². The van der Waals surface area contributed by atoms with Crippen LogP contribution in [0.5, 0.6) is 0 Å². The van der Waals surface area contributed by atoms with Crippen molar-refractivity contribution in [2.24, 2.45) is 0 Å². The summed E-state index contributed by atoms with van der Waals surface area (Å²) in [5.41, 5.74) is 1.00. The van der Waals surface area contributed by atoms with Gasteiger partial charge in [0.2, 0.25) is 23.6 Å². The molecule has 0 saturated carbocycles. The Bertz CT molecular complexity index is 1990. The third-order valence-electron chi connectivity index (χ3n) is 11.4. The van der Waals surface area contributed by atoms with Gasteiger partial charge >= 0.3 is 17.9 Å². The molecule has 1 unspecified atom stereocenters. The SMILES string of the molecule is CN(C(=O)CCC(=O)N1CCN(C(=O)CCC(C(=O)O)N2CCN(CC(=O)O)CCN(CC(=O)O)CC2)CC1)c1ccc2nccc(C(=O)NCC(=O)N3CCC(F)(F)C3)c2c1. The minimum atomic E-state index is -2.96. The highest BCUT2D eigenvalue weighted by Crippen LogP contribution is 2.27. The number of likely N-dealkylation sites (tertiary alicyclic amines) is 1. The number of fused-ring (bicyclic) bond motifs is 1. The smallest absolute Gasteiger partial charge is 0.320 e. The normalized spacial score (nSPS) is 18.3. The van der Waals surface area contributed by atoms with Crippen LogP contribution in [-0.4, -0.2) is 214 Å². The maximum absolute atomic E-state index is 13.6. The number of aromatic nitrogens is 1. The molecule has 0 radical (unpaired) electrons. The zero-order valence-electron chi connectivity index (χ0n) is 34.5. The Balaban J connectivity index is 1.09. The summed E-state index contributed by atoms with van der Waals surface area (Å²) >= 11 is 0. The highest BCUT2D eigenvalue weighted by atomic mass is 19.3. The number of hydrogen-bond donors (Lipinski definition) is 4. The Hall–Kier alpha value is -5.87. The monoisotopic (exact) mass is 873 g/mol. The van der Waals surface area contributed by atoms with Crippen LogP contribution < -0.4 is 10.2 Å². The molecule has 22 heteroatoms. The predicted molar refractivity (Wildman–Crippen MR) is 216 cm³/mol. The van der Waals surface area contributed by atoms with Crippen LogP contribution in [0.4, 0.5) is 14.5 Å². The van der Waals surface area contributed by atoms with E-state index in [2.05, 4.69) is 10.3 Å². The fourth-order valence-corrected chi connectivity index (χ4v) is 7.79. The predicted octanol–water partition coefficient (Wildman–Crippen LogP) is -0.432. The van der Waals surface area contributed by atoms with E-state index in [0.29, 0.717) is 29.7 Å². The molecule has 0 bridgehead atoms. The molecule has 1 atom stereocenters. The molecular weight excluding hydrogens is 820 g/mol. The number of carbonyl (C=O) groups is 8. The van der Waals surface area contributed by atoms with E-state index in [-0.39, 0.29) is 121 Å². The van der Waals surface area contributed by atoms with Crippen molar-refractivity contribution in [1.82, 2.24) is 39.7 Å². The maximum atomic E-state index is 13.6. The molecular formula is C40H53F2N9O11. The number of pyridine rings is 1. The Morgan fingerprint density at radius 3 is 1.87 bits per heavy atom. The Morgan fingerprint density at radius 2 is 1.32 bits per heavy atom. The fraction of sp³-hybridized carbons (Fsp3) is 0.575. The Labute approximate surface area is 356 Å². The van der Waals surface area contributed by atoms with E-state index in [1.807, 2.05) is 0 Å².